The lowest BCUT2D eigenvalue weighted by Crippen LogP contribution is -2.14. The molecule has 0 amide bonds. The molecular formula is C20H24N2O2. The van der Waals surface area contributed by atoms with Crippen LogP contribution in [0.5, 0.6) is 5.75 Å². The molecule has 0 aliphatic rings. The van der Waals surface area contributed by atoms with Crippen LogP contribution in [-0.4, -0.2) is 30.8 Å². The number of rotatable bonds is 5. The highest BCUT2D eigenvalue weighted by Crippen LogP contribution is 2.24. The molecule has 0 aliphatic carbocycles. The molecule has 0 aliphatic heterocycles. The highest BCUT2D eigenvalue weighted by molar-refractivity contribution is 5.93. The molecule has 0 radical (unpaired) electrons. The van der Waals surface area contributed by atoms with Crippen molar-refractivity contribution in [1.82, 2.24) is 4.90 Å². The summed E-state index contributed by atoms with van der Waals surface area (Å²) in [7, 11) is 1.97. The SMILES string of the molecule is CCN(C)C=Nc1cc(C)c(C(=O)Oc2ccc(C)cc2)cc1C. The Labute approximate surface area is 143 Å². The summed E-state index contributed by atoms with van der Waals surface area (Å²) in [5.41, 5.74) is 4.35. The fraction of sp³-hybridized carbons (Fsp3) is 0.300. The van der Waals surface area contributed by atoms with E-state index in [1.54, 1.807) is 18.5 Å². The van der Waals surface area contributed by atoms with E-state index in [2.05, 4.69) is 11.9 Å². The van der Waals surface area contributed by atoms with Gasteiger partial charge in [-0.15, -0.1) is 0 Å². The second-order valence-corrected chi connectivity index (χ2v) is 5.97. The molecule has 0 atom stereocenters. The van der Waals surface area contributed by atoms with Gasteiger partial charge in [-0.25, -0.2) is 9.79 Å². The fourth-order valence-corrected chi connectivity index (χ4v) is 2.17. The standard InChI is InChI=1S/C20H24N2O2/c1-6-22(5)13-21-19-12-15(3)18(11-16(19)4)20(23)24-17-9-7-14(2)8-10-17/h7-13H,6H2,1-5H3. The van der Waals surface area contributed by atoms with E-state index >= 15 is 0 Å². The normalized spacial score (nSPS) is 10.9. The van der Waals surface area contributed by atoms with Crippen LogP contribution < -0.4 is 4.74 Å². The zero-order valence-electron chi connectivity index (χ0n) is 15.0. The van der Waals surface area contributed by atoms with Gasteiger partial charge in [0.25, 0.3) is 0 Å². The zero-order valence-corrected chi connectivity index (χ0v) is 15.0. The molecule has 0 aromatic heterocycles. The van der Waals surface area contributed by atoms with Crippen molar-refractivity contribution in [3.05, 3.63) is 58.7 Å². The molecule has 0 N–H and O–H groups in total. The molecular weight excluding hydrogens is 300 g/mol. The van der Waals surface area contributed by atoms with Crippen LogP contribution in [0.4, 0.5) is 5.69 Å². The van der Waals surface area contributed by atoms with Crippen LogP contribution in [-0.2, 0) is 0 Å². The third-order valence-corrected chi connectivity index (χ3v) is 3.89. The van der Waals surface area contributed by atoms with E-state index in [0.717, 1.165) is 28.9 Å². The first-order chi connectivity index (χ1) is 11.4. The van der Waals surface area contributed by atoms with Crippen LogP contribution in [0.1, 0.15) is 34.0 Å². The first-order valence-corrected chi connectivity index (χ1v) is 8.05. The molecule has 0 bridgehead atoms. The number of esters is 1. The molecule has 24 heavy (non-hydrogen) atoms. The van der Waals surface area contributed by atoms with Gasteiger partial charge in [0.2, 0.25) is 0 Å². The predicted molar refractivity (Wildman–Crippen MR) is 98.5 cm³/mol. The minimum Gasteiger partial charge on any atom is -0.423 e. The zero-order chi connectivity index (χ0) is 17.7. The average molecular weight is 324 g/mol. The maximum absolute atomic E-state index is 12.4. The molecule has 2 rings (SSSR count). The second kappa shape index (κ2) is 7.77. The molecule has 0 saturated carbocycles. The Hall–Kier alpha value is -2.62. The van der Waals surface area contributed by atoms with Gasteiger partial charge in [0.05, 0.1) is 17.6 Å². The Morgan fingerprint density at radius 3 is 2.42 bits per heavy atom. The third-order valence-electron chi connectivity index (χ3n) is 3.89. The highest BCUT2D eigenvalue weighted by atomic mass is 16.5. The van der Waals surface area contributed by atoms with Gasteiger partial charge in [0, 0.05) is 13.6 Å². The van der Waals surface area contributed by atoms with Gasteiger partial charge >= 0.3 is 5.97 Å². The van der Waals surface area contributed by atoms with E-state index in [4.69, 9.17) is 4.74 Å². The number of ether oxygens (including phenoxy) is 1. The van der Waals surface area contributed by atoms with Crippen LogP contribution >= 0.6 is 0 Å². The topological polar surface area (TPSA) is 41.9 Å². The number of carbonyl (C=O) groups excluding carboxylic acids is 1. The minimum absolute atomic E-state index is 0.347. The van der Waals surface area contributed by atoms with Crippen molar-refractivity contribution in [1.29, 1.82) is 0 Å². The van der Waals surface area contributed by atoms with Gasteiger partial charge in [-0.3, -0.25) is 0 Å². The molecule has 0 heterocycles. The Morgan fingerprint density at radius 1 is 1.12 bits per heavy atom. The Morgan fingerprint density at radius 2 is 1.79 bits per heavy atom. The number of hydrogen-bond acceptors (Lipinski definition) is 3. The number of aryl methyl sites for hydroxylation is 3. The smallest absolute Gasteiger partial charge is 0.343 e. The van der Waals surface area contributed by atoms with Gasteiger partial charge in [-0.1, -0.05) is 17.7 Å². The molecule has 0 spiro atoms. The number of benzene rings is 2. The van der Waals surface area contributed by atoms with Crippen molar-refractivity contribution >= 4 is 18.0 Å². The van der Waals surface area contributed by atoms with Crippen LogP contribution in [0.25, 0.3) is 0 Å². The quantitative estimate of drug-likeness (QED) is 0.353. The maximum Gasteiger partial charge on any atom is 0.343 e. The molecule has 0 fully saturated rings. The summed E-state index contributed by atoms with van der Waals surface area (Å²) in [6.45, 7) is 8.79. The first-order valence-electron chi connectivity index (χ1n) is 8.05. The number of hydrogen-bond donors (Lipinski definition) is 0. The largest absolute Gasteiger partial charge is 0.423 e. The monoisotopic (exact) mass is 324 g/mol. The molecule has 2 aromatic carbocycles. The summed E-state index contributed by atoms with van der Waals surface area (Å²) in [6, 6.07) is 11.2. The van der Waals surface area contributed by atoms with Crippen molar-refractivity contribution < 1.29 is 9.53 Å². The van der Waals surface area contributed by atoms with Gasteiger partial charge in [-0.2, -0.15) is 0 Å². The van der Waals surface area contributed by atoms with Gasteiger partial charge in [0.15, 0.2) is 0 Å². The Kier molecular flexibility index (Phi) is 5.74. The molecule has 0 saturated heterocycles. The van der Waals surface area contributed by atoms with Gasteiger partial charge in [0.1, 0.15) is 5.75 Å². The average Bonchev–Trinajstić information content (AvgIpc) is 2.56. The Bertz CT molecular complexity index is 749. The molecule has 126 valence electrons. The fourth-order valence-electron chi connectivity index (χ4n) is 2.17. The number of aliphatic imine (C=N–C) groups is 1. The predicted octanol–water partition coefficient (Wildman–Crippen LogP) is 4.44. The van der Waals surface area contributed by atoms with Crippen molar-refractivity contribution in [3.8, 4) is 5.75 Å². The van der Waals surface area contributed by atoms with Crippen LogP contribution in [0.3, 0.4) is 0 Å². The first kappa shape index (κ1) is 17.7. The van der Waals surface area contributed by atoms with Crippen molar-refractivity contribution in [2.75, 3.05) is 13.6 Å². The Balaban J connectivity index is 2.21. The van der Waals surface area contributed by atoms with Crippen molar-refractivity contribution in [3.63, 3.8) is 0 Å². The number of carbonyl (C=O) groups is 1. The molecule has 4 nitrogen and oxygen atoms in total. The van der Waals surface area contributed by atoms with Gasteiger partial charge < -0.3 is 9.64 Å². The number of nitrogens with zero attached hydrogens (tertiary/aromatic N) is 2. The summed E-state index contributed by atoms with van der Waals surface area (Å²) in [5.74, 6) is 0.204. The summed E-state index contributed by atoms with van der Waals surface area (Å²) in [6.07, 6.45) is 1.80. The van der Waals surface area contributed by atoms with Crippen LogP contribution in [0.15, 0.2) is 41.4 Å². The lowest BCUT2D eigenvalue weighted by molar-refractivity contribution is 0.0734. The lowest BCUT2D eigenvalue weighted by Gasteiger charge is -2.11. The van der Waals surface area contributed by atoms with Crippen LogP contribution in [0.2, 0.25) is 0 Å². The van der Waals surface area contributed by atoms with Crippen LogP contribution in [0, 0.1) is 20.8 Å². The summed E-state index contributed by atoms with van der Waals surface area (Å²) >= 11 is 0. The van der Waals surface area contributed by atoms with Crippen molar-refractivity contribution in [2.24, 2.45) is 4.99 Å². The summed E-state index contributed by atoms with van der Waals surface area (Å²) in [4.78, 5) is 18.9. The van der Waals surface area contributed by atoms with E-state index in [1.165, 1.54) is 0 Å². The molecule has 4 heteroatoms. The second-order valence-electron chi connectivity index (χ2n) is 5.97. The van der Waals surface area contributed by atoms with E-state index in [0.29, 0.717) is 11.3 Å². The minimum atomic E-state index is -0.347. The third kappa shape index (κ3) is 4.44. The summed E-state index contributed by atoms with van der Waals surface area (Å²) in [5, 5.41) is 0. The molecule has 0 unspecified atom stereocenters. The maximum atomic E-state index is 12.4. The van der Waals surface area contributed by atoms with E-state index in [-0.39, 0.29) is 5.97 Å². The molecule has 2 aromatic rings. The lowest BCUT2D eigenvalue weighted by atomic mass is 10.0. The van der Waals surface area contributed by atoms with E-state index in [1.807, 2.05) is 57.0 Å². The highest BCUT2D eigenvalue weighted by Gasteiger charge is 2.14. The summed E-state index contributed by atoms with van der Waals surface area (Å²) < 4.78 is 5.46. The van der Waals surface area contributed by atoms with E-state index in [9.17, 15) is 4.79 Å². The van der Waals surface area contributed by atoms with Gasteiger partial charge in [-0.05, 0) is 63.1 Å². The van der Waals surface area contributed by atoms with Crippen molar-refractivity contribution in [2.45, 2.75) is 27.7 Å². The van der Waals surface area contributed by atoms with E-state index < -0.39 is 0 Å².